The molecule has 1 aliphatic carbocycles. The number of aliphatic hydroxyl groups excluding tert-OH is 1. The Morgan fingerprint density at radius 3 is 2.90 bits per heavy atom. The van der Waals surface area contributed by atoms with Crippen molar-refractivity contribution < 1.29 is 9.90 Å². The molecule has 0 radical (unpaired) electrons. The van der Waals surface area contributed by atoms with Crippen molar-refractivity contribution in [2.45, 2.75) is 58.3 Å². The van der Waals surface area contributed by atoms with Crippen LogP contribution in [0.2, 0.25) is 0 Å². The Hall–Kier alpha value is -0.870. The quantitative estimate of drug-likeness (QED) is 0.757. The number of carbonyl (C=O) groups is 1. The van der Waals surface area contributed by atoms with Gasteiger partial charge < -0.3 is 10.4 Å². The summed E-state index contributed by atoms with van der Waals surface area (Å²) in [5.74, 6) is 0.453. The summed E-state index contributed by atoms with van der Waals surface area (Å²) in [5, 5.41) is 12.1. The second-order valence-electron chi connectivity index (χ2n) is 6.00. The van der Waals surface area contributed by atoms with Crippen LogP contribution in [-0.2, 0) is 12.8 Å². The lowest BCUT2D eigenvalue weighted by Crippen LogP contribution is -2.29. The monoisotopic (exact) mass is 309 g/mol. The standard InChI is InChI=1S/C17H27NO2S/c1-2-6-13(9-10-19)12-18-17(20)16-11-14-7-4-3-5-8-15(14)21-16/h11,13,19H,2-10,12H2,1H3,(H,18,20). The maximum absolute atomic E-state index is 12.3. The van der Waals surface area contributed by atoms with E-state index in [4.69, 9.17) is 5.11 Å². The molecule has 4 heteroatoms. The van der Waals surface area contributed by atoms with Gasteiger partial charge in [0, 0.05) is 18.0 Å². The lowest BCUT2D eigenvalue weighted by molar-refractivity contribution is 0.0947. The van der Waals surface area contributed by atoms with E-state index < -0.39 is 0 Å². The normalized spacial score (nSPS) is 16.1. The fourth-order valence-corrected chi connectivity index (χ4v) is 4.21. The first-order chi connectivity index (χ1) is 10.2. The zero-order valence-corrected chi connectivity index (χ0v) is 13.8. The molecule has 2 rings (SSSR count). The van der Waals surface area contributed by atoms with Crippen LogP contribution in [0.5, 0.6) is 0 Å². The molecule has 1 aromatic heterocycles. The molecule has 0 saturated heterocycles. The number of thiophene rings is 1. The van der Waals surface area contributed by atoms with Crippen LogP contribution in [0.4, 0.5) is 0 Å². The number of hydrogen-bond donors (Lipinski definition) is 2. The molecule has 1 unspecified atom stereocenters. The Labute approximate surface area is 131 Å². The smallest absolute Gasteiger partial charge is 0.261 e. The van der Waals surface area contributed by atoms with E-state index in [2.05, 4.69) is 18.3 Å². The highest BCUT2D eigenvalue weighted by Gasteiger charge is 2.17. The van der Waals surface area contributed by atoms with Crippen LogP contribution in [0.1, 0.15) is 65.6 Å². The van der Waals surface area contributed by atoms with Crippen LogP contribution in [0, 0.1) is 5.92 Å². The van der Waals surface area contributed by atoms with E-state index in [0.29, 0.717) is 12.5 Å². The van der Waals surface area contributed by atoms with Crippen LogP contribution >= 0.6 is 11.3 Å². The highest BCUT2D eigenvalue weighted by molar-refractivity contribution is 7.14. The van der Waals surface area contributed by atoms with E-state index in [-0.39, 0.29) is 12.5 Å². The minimum absolute atomic E-state index is 0.0621. The number of aryl methyl sites for hydroxylation is 2. The Kier molecular flexibility index (Phi) is 6.71. The number of aliphatic hydroxyl groups is 1. The van der Waals surface area contributed by atoms with Crippen molar-refractivity contribution in [1.82, 2.24) is 5.32 Å². The zero-order chi connectivity index (χ0) is 15.1. The molecule has 2 N–H and O–H groups in total. The van der Waals surface area contributed by atoms with Gasteiger partial charge in [-0.05, 0) is 56.1 Å². The van der Waals surface area contributed by atoms with Gasteiger partial charge >= 0.3 is 0 Å². The van der Waals surface area contributed by atoms with Gasteiger partial charge in [0.15, 0.2) is 0 Å². The highest BCUT2D eigenvalue weighted by Crippen LogP contribution is 2.29. The van der Waals surface area contributed by atoms with Crippen molar-refractivity contribution in [1.29, 1.82) is 0 Å². The molecular weight excluding hydrogens is 282 g/mol. The highest BCUT2D eigenvalue weighted by atomic mass is 32.1. The minimum atomic E-state index is 0.0621. The average Bonchev–Trinajstić information content (AvgIpc) is 2.76. The molecule has 1 aromatic rings. The van der Waals surface area contributed by atoms with Gasteiger partial charge in [0.05, 0.1) is 4.88 Å². The predicted molar refractivity (Wildman–Crippen MR) is 88.0 cm³/mol. The minimum Gasteiger partial charge on any atom is -0.396 e. The van der Waals surface area contributed by atoms with Gasteiger partial charge in [-0.2, -0.15) is 0 Å². The largest absolute Gasteiger partial charge is 0.396 e. The maximum Gasteiger partial charge on any atom is 0.261 e. The Balaban J connectivity index is 1.91. The van der Waals surface area contributed by atoms with Gasteiger partial charge in [-0.3, -0.25) is 4.79 Å². The lowest BCUT2D eigenvalue weighted by atomic mass is 10.0. The van der Waals surface area contributed by atoms with E-state index in [1.807, 2.05) is 0 Å². The maximum atomic E-state index is 12.3. The van der Waals surface area contributed by atoms with Crippen LogP contribution in [0.3, 0.4) is 0 Å². The summed E-state index contributed by atoms with van der Waals surface area (Å²) in [6.07, 6.45) is 9.00. The molecule has 1 aliphatic rings. The fourth-order valence-electron chi connectivity index (χ4n) is 3.04. The summed E-state index contributed by atoms with van der Waals surface area (Å²) < 4.78 is 0. The fraction of sp³-hybridized carbons (Fsp3) is 0.706. The molecule has 0 aliphatic heterocycles. The zero-order valence-electron chi connectivity index (χ0n) is 13.0. The molecule has 0 saturated carbocycles. The first-order valence-corrected chi connectivity index (χ1v) is 9.06. The molecular formula is C17H27NO2S. The number of fused-ring (bicyclic) bond motifs is 1. The van der Waals surface area contributed by atoms with E-state index in [9.17, 15) is 4.79 Å². The summed E-state index contributed by atoms with van der Waals surface area (Å²) in [5.41, 5.74) is 1.39. The van der Waals surface area contributed by atoms with Gasteiger partial charge in [0.25, 0.3) is 5.91 Å². The molecule has 0 bridgehead atoms. The van der Waals surface area contributed by atoms with Crippen LogP contribution in [-0.4, -0.2) is 24.2 Å². The molecule has 21 heavy (non-hydrogen) atoms. The van der Waals surface area contributed by atoms with E-state index in [0.717, 1.165) is 37.0 Å². The van der Waals surface area contributed by atoms with Crippen LogP contribution in [0.15, 0.2) is 6.07 Å². The predicted octanol–water partition coefficient (Wildman–Crippen LogP) is 3.55. The summed E-state index contributed by atoms with van der Waals surface area (Å²) in [4.78, 5) is 14.6. The Morgan fingerprint density at radius 1 is 1.33 bits per heavy atom. The van der Waals surface area contributed by atoms with E-state index in [1.165, 1.54) is 29.7 Å². The lowest BCUT2D eigenvalue weighted by Gasteiger charge is -2.15. The first-order valence-electron chi connectivity index (χ1n) is 8.25. The van der Waals surface area contributed by atoms with Gasteiger partial charge in [-0.25, -0.2) is 0 Å². The second-order valence-corrected chi connectivity index (χ2v) is 7.13. The topological polar surface area (TPSA) is 49.3 Å². The molecule has 0 aromatic carbocycles. The van der Waals surface area contributed by atoms with E-state index in [1.54, 1.807) is 11.3 Å². The molecule has 118 valence electrons. The van der Waals surface area contributed by atoms with Crippen molar-refractivity contribution in [2.24, 2.45) is 5.92 Å². The van der Waals surface area contributed by atoms with Crippen molar-refractivity contribution in [2.75, 3.05) is 13.2 Å². The molecule has 1 heterocycles. The summed E-state index contributed by atoms with van der Waals surface area (Å²) in [6.45, 7) is 3.02. The van der Waals surface area contributed by atoms with Crippen molar-refractivity contribution in [3.05, 3.63) is 21.4 Å². The second kappa shape index (κ2) is 8.54. The van der Waals surface area contributed by atoms with Gasteiger partial charge in [0.2, 0.25) is 0 Å². The average molecular weight is 309 g/mol. The Bertz CT molecular complexity index is 426. The van der Waals surface area contributed by atoms with Crippen molar-refractivity contribution >= 4 is 17.2 Å². The van der Waals surface area contributed by atoms with Gasteiger partial charge in [-0.1, -0.05) is 19.8 Å². The SMILES string of the molecule is CCCC(CCO)CNC(=O)c1cc2c(s1)CCCCC2. The van der Waals surface area contributed by atoms with Crippen molar-refractivity contribution in [3.63, 3.8) is 0 Å². The molecule has 0 fully saturated rings. The molecule has 3 nitrogen and oxygen atoms in total. The number of nitrogens with one attached hydrogen (secondary N) is 1. The summed E-state index contributed by atoms with van der Waals surface area (Å²) >= 11 is 1.67. The number of amides is 1. The number of rotatable bonds is 7. The Morgan fingerprint density at radius 2 is 2.14 bits per heavy atom. The number of hydrogen-bond acceptors (Lipinski definition) is 3. The molecule has 1 amide bonds. The van der Waals surface area contributed by atoms with E-state index >= 15 is 0 Å². The summed E-state index contributed by atoms with van der Waals surface area (Å²) in [6, 6.07) is 2.10. The first kappa shape index (κ1) is 16.5. The van der Waals surface area contributed by atoms with Gasteiger partial charge in [-0.15, -0.1) is 11.3 Å². The van der Waals surface area contributed by atoms with Crippen LogP contribution in [0.25, 0.3) is 0 Å². The molecule has 0 spiro atoms. The van der Waals surface area contributed by atoms with Crippen LogP contribution < -0.4 is 5.32 Å². The third-order valence-electron chi connectivity index (χ3n) is 4.26. The van der Waals surface area contributed by atoms with Gasteiger partial charge in [0.1, 0.15) is 0 Å². The summed E-state index contributed by atoms with van der Waals surface area (Å²) in [7, 11) is 0. The third kappa shape index (κ3) is 4.82. The third-order valence-corrected chi connectivity index (χ3v) is 5.49. The molecule has 1 atom stereocenters. The van der Waals surface area contributed by atoms with Crippen molar-refractivity contribution in [3.8, 4) is 0 Å². The number of carbonyl (C=O) groups excluding carboxylic acids is 1.